The quantitative estimate of drug-likeness (QED) is 0.604. The third-order valence-corrected chi connectivity index (χ3v) is 2.19. The minimum Gasteiger partial charge on any atom is -0.374 e. The number of aliphatic hydroxyl groups is 1. The van der Waals surface area contributed by atoms with Gasteiger partial charge in [-0.25, -0.2) is 4.79 Å². The molecule has 9 heteroatoms. The minimum absolute atomic E-state index is 0.106. The first-order valence-corrected chi connectivity index (χ1v) is 4.86. The lowest BCUT2D eigenvalue weighted by Gasteiger charge is -2.25. The molecule has 2 heterocycles. The Morgan fingerprint density at radius 2 is 2.25 bits per heavy atom. The van der Waals surface area contributed by atoms with E-state index in [0.29, 0.717) is 13.1 Å². The number of hydrogen-bond acceptors (Lipinski definition) is 7. The highest BCUT2D eigenvalue weighted by Crippen LogP contribution is 2.05. The SMILES string of the molecule is O=C(Oc1nnnn1CO)N1CCNCC1. The number of piperazine rings is 1. The summed E-state index contributed by atoms with van der Waals surface area (Å²) in [4.78, 5) is 13.2. The molecule has 1 fully saturated rings. The average molecular weight is 228 g/mol. The number of hydrogen-bond donors (Lipinski definition) is 2. The van der Waals surface area contributed by atoms with Gasteiger partial charge >= 0.3 is 12.1 Å². The molecule has 2 rings (SSSR count). The molecule has 1 aliphatic heterocycles. The Kier molecular flexibility index (Phi) is 3.27. The van der Waals surface area contributed by atoms with Crippen LogP contribution < -0.4 is 10.1 Å². The van der Waals surface area contributed by atoms with E-state index in [9.17, 15) is 4.79 Å². The molecule has 88 valence electrons. The molecule has 1 aliphatic rings. The number of tetrazole rings is 1. The van der Waals surface area contributed by atoms with Crippen LogP contribution in [0.1, 0.15) is 0 Å². The van der Waals surface area contributed by atoms with Crippen molar-refractivity contribution in [2.24, 2.45) is 0 Å². The Hall–Kier alpha value is -1.74. The van der Waals surface area contributed by atoms with Gasteiger partial charge in [0.05, 0.1) is 0 Å². The molecule has 0 aromatic carbocycles. The van der Waals surface area contributed by atoms with Crippen molar-refractivity contribution in [3.63, 3.8) is 0 Å². The van der Waals surface area contributed by atoms with Crippen molar-refractivity contribution in [2.75, 3.05) is 26.2 Å². The molecule has 1 aromatic rings. The second kappa shape index (κ2) is 4.86. The van der Waals surface area contributed by atoms with Crippen LogP contribution in [0.2, 0.25) is 0 Å². The summed E-state index contributed by atoms with van der Waals surface area (Å²) in [5, 5.41) is 22.1. The molecule has 0 spiro atoms. The summed E-state index contributed by atoms with van der Waals surface area (Å²) in [5.74, 6) is 0. The van der Waals surface area contributed by atoms with Crippen LogP contribution in [0, 0.1) is 0 Å². The van der Waals surface area contributed by atoms with E-state index in [1.807, 2.05) is 0 Å². The van der Waals surface area contributed by atoms with Crippen molar-refractivity contribution < 1.29 is 14.6 Å². The number of amides is 1. The smallest absolute Gasteiger partial charge is 0.374 e. The van der Waals surface area contributed by atoms with Crippen molar-refractivity contribution in [3.05, 3.63) is 0 Å². The van der Waals surface area contributed by atoms with E-state index in [2.05, 4.69) is 20.8 Å². The van der Waals surface area contributed by atoms with Crippen molar-refractivity contribution in [3.8, 4) is 6.01 Å². The van der Waals surface area contributed by atoms with Gasteiger partial charge in [-0.2, -0.15) is 4.68 Å². The first-order valence-electron chi connectivity index (χ1n) is 4.86. The van der Waals surface area contributed by atoms with Crippen LogP contribution in [0.3, 0.4) is 0 Å². The fraction of sp³-hybridized carbons (Fsp3) is 0.714. The average Bonchev–Trinajstić information content (AvgIpc) is 2.77. The van der Waals surface area contributed by atoms with Crippen molar-refractivity contribution in [1.29, 1.82) is 0 Å². The van der Waals surface area contributed by atoms with Crippen LogP contribution in [-0.2, 0) is 6.73 Å². The van der Waals surface area contributed by atoms with E-state index in [0.717, 1.165) is 17.8 Å². The molecule has 0 bridgehead atoms. The molecule has 1 saturated heterocycles. The van der Waals surface area contributed by atoms with E-state index in [1.165, 1.54) is 0 Å². The number of carbonyl (C=O) groups is 1. The molecule has 16 heavy (non-hydrogen) atoms. The zero-order valence-electron chi connectivity index (χ0n) is 8.54. The van der Waals surface area contributed by atoms with Gasteiger partial charge in [0.2, 0.25) is 0 Å². The Morgan fingerprint density at radius 3 is 2.94 bits per heavy atom. The number of nitrogens with zero attached hydrogens (tertiary/aromatic N) is 5. The second-order valence-electron chi connectivity index (χ2n) is 3.21. The summed E-state index contributed by atoms with van der Waals surface area (Å²) in [5.41, 5.74) is 0. The zero-order chi connectivity index (χ0) is 11.4. The van der Waals surface area contributed by atoms with Gasteiger partial charge in [-0.15, -0.1) is 0 Å². The predicted molar refractivity (Wildman–Crippen MR) is 50.5 cm³/mol. The van der Waals surface area contributed by atoms with Crippen LogP contribution in [-0.4, -0.2) is 62.5 Å². The lowest BCUT2D eigenvalue weighted by Crippen LogP contribution is -2.47. The van der Waals surface area contributed by atoms with Crippen LogP contribution in [0.4, 0.5) is 4.79 Å². The monoisotopic (exact) mass is 228 g/mol. The lowest BCUT2D eigenvalue weighted by molar-refractivity contribution is 0.130. The van der Waals surface area contributed by atoms with Crippen LogP contribution in [0.5, 0.6) is 6.01 Å². The van der Waals surface area contributed by atoms with Crippen molar-refractivity contribution >= 4 is 6.09 Å². The molecule has 0 radical (unpaired) electrons. The molecule has 0 unspecified atom stereocenters. The van der Waals surface area contributed by atoms with Crippen molar-refractivity contribution in [2.45, 2.75) is 6.73 Å². The van der Waals surface area contributed by atoms with Crippen LogP contribution in [0.25, 0.3) is 0 Å². The van der Waals surface area contributed by atoms with Gasteiger partial charge in [0.15, 0.2) is 0 Å². The Bertz CT molecular complexity index is 361. The first kappa shape index (κ1) is 10.8. The summed E-state index contributed by atoms with van der Waals surface area (Å²) in [6.45, 7) is 2.20. The number of ether oxygens (including phenoxy) is 1. The van der Waals surface area contributed by atoms with Gasteiger partial charge in [-0.3, -0.25) is 0 Å². The fourth-order valence-corrected chi connectivity index (χ4v) is 1.35. The molecular formula is C7H12N6O3. The maximum atomic E-state index is 11.6. The van der Waals surface area contributed by atoms with Gasteiger partial charge in [-0.1, -0.05) is 5.10 Å². The first-order chi connectivity index (χ1) is 7.81. The summed E-state index contributed by atoms with van der Waals surface area (Å²) in [6.07, 6.45) is -0.508. The van der Waals surface area contributed by atoms with E-state index < -0.39 is 12.8 Å². The maximum absolute atomic E-state index is 11.6. The van der Waals surface area contributed by atoms with Gasteiger partial charge in [0.25, 0.3) is 0 Å². The number of nitrogens with one attached hydrogen (secondary N) is 1. The molecule has 0 aliphatic carbocycles. The lowest BCUT2D eigenvalue weighted by atomic mass is 10.4. The number of aliphatic hydroxyl groups excluding tert-OH is 1. The van der Waals surface area contributed by atoms with Gasteiger partial charge < -0.3 is 20.1 Å². The van der Waals surface area contributed by atoms with Crippen LogP contribution in [0.15, 0.2) is 0 Å². The normalized spacial score (nSPS) is 16.2. The molecule has 1 amide bonds. The summed E-state index contributed by atoms with van der Waals surface area (Å²) < 4.78 is 5.93. The van der Waals surface area contributed by atoms with Gasteiger partial charge in [0, 0.05) is 26.2 Å². The van der Waals surface area contributed by atoms with Crippen molar-refractivity contribution in [1.82, 2.24) is 30.4 Å². The largest absolute Gasteiger partial charge is 0.417 e. The molecular weight excluding hydrogens is 216 g/mol. The topological polar surface area (TPSA) is 105 Å². The third kappa shape index (κ3) is 2.25. The third-order valence-electron chi connectivity index (χ3n) is 2.19. The highest BCUT2D eigenvalue weighted by Gasteiger charge is 2.20. The van der Waals surface area contributed by atoms with E-state index >= 15 is 0 Å². The fourth-order valence-electron chi connectivity index (χ4n) is 1.35. The molecule has 9 nitrogen and oxygen atoms in total. The zero-order valence-corrected chi connectivity index (χ0v) is 8.54. The molecule has 1 aromatic heterocycles. The molecule has 0 saturated carbocycles. The standard InChI is InChI=1S/C7H12N6O3/c14-5-13-6(9-10-11-13)16-7(15)12-3-1-8-2-4-12/h8,14H,1-5H2. The Labute approximate surface area is 91.0 Å². The van der Waals surface area contributed by atoms with Gasteiger partial charge in [0.1, 0.15) is 6.73 Å². The highest BCUT2D eigenvalue weighted by atomic mass is 16.6. The van der Waals surface area contributed by atoms with E-state index in [-0.39, 0.29) is 6.01 Å². The van der Waals surface area contributed by atoms with E-state index in [1.54, 1.807) is 4.90 Å². The minimum atomic E-state index is -0.508. The van der Waals surface area contributed by atoms with Gasteiger partial charge in [-0.05, 0) is 10.4 Å². The summed E-state index contributed by atoms with van der Waals surface area (Å²) in [6, 6.07) is -0.106. The molecule has 2 N–H and O–H groups in total. The number of carbonyl (C=O) groups excluding carboxylic acids is 1. The molecule has 0 atom stereocenters. The predicted octanol–water partition coefficient (Wildman–Crippen LogP) is -1.97. The number of aromatic nitrogens is 4. The Balaban J connectivity index is 1.95. The Morgan fingerprint density at radius 1 is 1.50 bits per heavy atom. The van der Waals surface area contributed by atoms with Crippen LogP contribution >= 0.6 is 0 Å². The van der Waals surface area contributed by atoms with E-state index in [4.69, 9.17) is 9.84 Å². The highest BCUT2D eigenvalue weighted by molar-refractivity contribution is 5.69. The number of rotatable bonds is 2. The summed E-state index contributed by atoms with van der Waals surface area (Å²) >= 11 is 0. The maximum Gasteiger partial charge on any atom is 0.417 e. The summed E-state index contributed by atoms with van der Waals surface area (Å²) in [7, 11) is 0. The second-order valence-corrected chi connectivity index (χ2v) is 3.21.